The lowest BCUT2D eigenvalue weighted by molar-refractivity contribution is 0.159. The van der Waals surface area contributed by atoms with Crippen molar-refractivity contribution in [3.05, 3.63) is 30.1 Å². The molecular formula is C11H16N4. The van der Waals surface area contributed by atoms with Gasteiger partial charge >= 0.3 is 0 Å². The highest BCUT2D eigenvalue weighted by molar-refractivity contribution is 5.78. The number of pyridine rings is 1. The lowest BCUT2D eigenvalue weighted by Gasteiger charge is -2.30. The summed E-state index contributed by atoms with van der Waals surface area (Å²) < 4.78 is 0. The smallest absolute Gasteiger partial charge is 0.0544 e. The summed E-state index contributed by atoms with van der Waals surface area (Å²) >= 11 is 0. The average molecular weight is 204 g/mol. The van der Waals surface area contributed by atoms with Crippen LogP contribution in [0.15, 0.2) is 29.6 Å². The van der Waals surface area contributed by atoms with Crippen LogP contribution in [-0.4, -0.2) is 54.3 Å². The highest BCUT2D eigenvalue weighted by Gasteiger charge is 2.10. The Balaban J connectivity index is 1.89. The minimum absolute atomic E-state index is 1.01. The molecule has 4 nitrogen and oxygen atoms in total. The van der Waals surface area contributed by atoms with Gasteiger partial charge in [0, 0.05) is 38.6 Å². The molecule has 15 heavy (non-hydrogen) atoms. The maximum absolute atomic E-state index is 4.44. The second-order valence-electron chi connectivity index (χ2n) is 3.78. The number of piperazine rings is 1. The van der Waals surface area contributed by atoms with Gasteiger partial charge in [-0.25, -0.2) is 0 Å². The number of hydrazone groups is 1. The minimum Gasteiger partial charge on any atom is -0.303 e. The molecule has 0 aliphatic carbocycles. The van der Waals surface area contributed by atoms with Crippen molar-refractivity contribution in [2.24, 2.45) is 5.10 Å². The summed E-state index contributed by atoms with van der Waals surface area (Å²) in [4.78, 5) is 6.29. The molecule has 0 spiro atoms. The molecule has 1 aromatic rings. The van der Waals surface area contributed by atoms with Crippen molar-refractivity contribution in [2.75, 3.05) is 33.2 Å². The summed E-state index contributed by atoms with van der Waals surface area (Å²) in [6, 6.07) is 3.92. The van der Waals surface area contributed by atoms with Crippen molar-refractivity contribution in [2.45, 2.75) is 0 Å². The highest BCUT2D eigenvalue weighted by Crippen LogP contribution is 2.00. The second-order valence-corrected chi connectivity index (χ2v) is 3.78. The first-order valence-corrected chi connectivity index (χ1v) is 5.22. The van der Waals surface area contributed by atoms with E-state index in [4.69, 9.17) is 0 Å². The van der Waals surface area contributed by atoms with Gasteiger partial charge in [0.1, 0.15) is 0 Å². The van der Waals surface area contributed by atoms with Gasteiger partial charge < -0.3 is 4.90 Å². The van der Waals surface area contributed by atoms with Gasteiger partial charge in [0.05, 0.1) is 6.21 Å². The van der Waals surface area contributed by atoms with Crippen molar-refractivity contribution >= 4 is 6.21 Å². The minimum atomic E-state index is 1.01. The Morgan fingerprint density at radius 2 is 1.87 bits per heavy atom. The normalized spacial score (nSPS) is 18.6. The van der Waals surface area contributed by atoms with Crippen molar-refractivity contribution in [3.63, 3.8) is 0 Å². The number of nitrogens with zero attached hydrogens (tertiary/aromatic N) is 4. The molecule has 0 N–H and O–H groups in total. The van der Waals surface area contributed by atoms with Crippen LogP contribution in [0.3, 0.4) is 0 Å². The first-order valence-electron chi connectivity index (χ1n) is 5.22. The summed E-state index contributed by atoms with van der Waals surface area (Å²) in [5.74, 6) is 0. The molecule has 2 heterocycles. The van der Waals surface area contributed by atoms with Crippen LogP contribution in [0.5, 0.6) is 0 Å². The lowest BCUT2D eigenvalue weighted by atomic mass is 10.3. The Kier molecular flexibility index (Phi) is 3.29. The van der Waals surface area contributed by atoms with Gasteiger partial charge in [-0.05, 0) is 24.7 Å². The third-order valence-corrected chi connectivity index (χ3v) is 2.56. The molecule has 0 unspecified atom stereocenters. The molecule has 0 bridgehead atoms. The van der Waals surface area contributed by atoms with Gasteiger partial charge in [-0.3, -0.25) is 9.99 Å². The zero-order valence-electron chi connectivity index (χ0n) is 9.00. The van der Waals surface area contributed by atoms with Crippen molar-refractivity contribution in [1.29, 1.82) is 0 Å². The van der Waals surface area contributed by atoms with E-state index in [0.717, 1.165) is 31.7 Å². The van der Waals surface area contributed by atoms with Crippen molar-refractivity contribution in [3.8, 4) is 0 Å². The van der Waals surface area contributed by atoms with E-state index in [9.17, 15) is 0 Å². The fourth-order valence-electron chi connectivity index (χ4n) is 1.51. The first kappa shape index (κ1) is 10.1. The van der Waals surface area contributed by atoms with E-state index in [1.807, 2.05) is 18.3 Å². The number of likely N-dealkylation sites (N-methyl/N-ethyl adjacent to an activating group) is 1. The highest BCUT2D eigenvalue weighted by atomic mass is 15.5. The predicted octanol–water partition coefficient (Wildman–Crippen LogP) is 0.663. The fraction of sp³-hybridized carbons (Fsp3) is 0.455. The van der Waals surface area contributed by atoms with Crippen LogP contribution < -0.4 is 0 Å². The van der Waals surface area contributed by atoms with E-state index >= 15 is 0 Å². The molecule has 1 aliphatic rings. The summed E-state index contributed by atoms with van der Waals surface area (Å²) in [5.41, 5.74) is 1.10. The van der Waals surface area contributed by atoms with E-state index in [1.54, 1.807) is 12.4 Å². The molecule has 0 radical (unpaired) electrons. The number of aromatic nitrogens is 1. The molecule has 0 saturated carbocycles. The summed E-state index contributed by atoms with van der Waals surface area (Å²) in [7, 11) is 2.14. The molecule has 4 heteroatoms. The maximum atomic E-state index is 4.44. The molecule has 0 amide bonds. The fourth-order valence-corrected chi connectivity index (χ4v) is 1.51. The first-order chi connectivity index (χ1) is 7.34. The Morgan fingerprint density at radius 1 is 1.20 bits per heavy atom. The Morgan fingerprint density at radius 3 is 2.53 bits per heavy atom. The van der Waals surface area contributed by atoms with Crippen LogP contribution in [0, 0.1) is 0 Å². The molecule has 1 fully saturated rings. The molecule has 0 aromatic carbocycles. The molecular weight excluding hydrogens is 188 g/mol. The second kappa shape index (κ2) is 4.89. The molecule has 2 rings (SSSR count). The van der Waals surface area contributed by atoms with Crippen LogP contribution in [0.25, 0.3) is 0 Å². The van der Waals surface area contributed by atoms with Gasteiger partial charge in [-0.2, -0.15) is 5.10 Å². The third-order valence-electron chi connectivity index (χ3n) is 2.56. The molecule has 1 aromatic heterocycles. The van der Waals surface area contributed by atoms with Crippen molar-refractivity contribution in [1.82, 2.24) is 14.9 Å². The third kappa shape index (κ3) is 3.02. The standard InChI is InChI=1S/C11H16N4/c1-14-6-8-15(9-7-14)13-10-11-2-4-12-5-3-11/h2-5,10H,6-9H2,1H3. The van der Waals surface area contributed by atoms with Crippen LogP contribution >= 0.6 is 0 Å². The topological polar surface area (TPSA) is 31.7 Å². The predicted molar refractivity (Wildman–Crippen MR) is 60.9 cm³/mol. The van der Waals surface area contributed by atoms with E-state index in [0.29, 0.717) is 0 Å². The zero-order chi connectivity index (χ0) is 10.5. The number of hydrogen-bond acceptors (Lipinski definition) is 4. The van der Waals surface area contributed by atoms with Crippen LogP contribution in [-0.2, 0) is 0 Å². The number of rotatable bonds is 2. The van der Waals surface area contributed by atoms with Gasteiger partial charge in [0.2, 0.25) is 0 Å². The van der Waals surface area contributed by atoms with Crippen LogP contribution in [0.2, 0.25) is 0 Å². The van der Waals surface area contributed by atoms with Gasteiger partial charge in [0.15, 0.2) is 0 Å². The number of hydrogen-bond donors (Lipinski definition) is 0. The average Bonchev–Trinajstić information content (AvgIpc) is 2.30. The lowest BCUT2D eigenvalue weighted by Crippen LogP contribution is -2.41. The molecule has 80 valence electrons. The van der Waals surface area contributed by atoms with Gasteiger partial charge in [-0.15, -0.1) is 0 Å². The maximum Gasteiger partial charge on any atom is 0.0544 e. The van der Waals surface area contributed by atoms with Crippen molar-refractivity contribution < 1.29 is 0 Å². The zero-order valence-corrected chi connectivity index (χ0v) is 9.00. The van der Waals surface area contributed by atoms with E-state index < -0.39 is 0 Å². The summed E-state index contributed by atoms with van der Waals surface area (Å²) in [6.07, 6.45) is 5.46. The Bertz CT molecular complexity index is 315. The van der Waals surface area contributed by atoms with Crippen LogP contribution in [0.4, 0.5) is 0 Å². The quantitative estimate of drug-likeness (QED) is 0.663. The Hall–Kier alpha value is -1.42. The summed E-state index contributed by atoms with van der Waals surface area (Å²) in [6.45, 7) is 4.21. The molecule has 1 aliphatic heterocycles. The monoisotopic (exact) mass is 204 g/mol. The van der Waals surface area contributed by atoms with Gasteiger partial charge in [0.25, 0.3) is 0 Å². The Labute approximate surface area is 90.2 Å². The van der Waals surface area contributed by atoms with E-state index in [-0.39, 0.29) is 0 Å². The van der Waals surface area contributed by atoms with E-state index in [2.05, 4.69) is 27.0 Å². The summed E-state index contributed by atoms with van der Waals surface area (Å²) in [5, 5.41) is 6.55. The van der Waals surface area contributed by atoms with Crippen LogP contribution in [0.1, 0.15) is 5.56 Å². The largest absolute Gasteiger partial charge is 0.303 e. The molecule has 0 atom stereocenters. The van der Waals surface area contributed by atoms with E-state index in [1.165, 1.54) is 0 Å². The molecule has 1 saturated heterocycles. The van der Waals surface area contributed by atoms with Gasteiger partial charge in [-0.1, -0.05) is 0 Å². The SMILES string of the molecule is CN1CCN(N=Cc2ccncc2)CC1.